The van der Waals surface area contributed by atoms with Crippen LogP contribution in [0.5, 0.6) is 0 Å². The zero-order valence-electron chi connectivity index (χ0n) is 11.6. The van der Waals surface area contributed by atoms with Crippen LogP contribution in [0.1, 0.15) is 6.92 Å². The van der Waals surface area contributed by atoms with E-state index in [0.717, 1.165) is 5.69 Å². The third-order valence-electron chi connectivity index (χ3n) is 2.96. The summed E-state index contributed by atoms with van der Waals surface area (Å²) in [6.07, 6.45) is 3.42. The molecule has 2 aromatic heterocycles. The highest BCUT2D eigenvalue weighted by Gasteiger charge is 2.13. The Morgan fingerprint density at radius 1 is 1.10 bits per heavy atom. The van der Waals surface area contributed by atoms with Crippen molar-refractivity contribution in [1.82, 2.24) is 24.7 Å². The average Bonchev–Trinajstić information content (AvgIpc) is 3.03. The maximum absolute atomic E-state index is 5.81. The Kier molecular flexibility index (Phi) is 3.46. The summed E-state index contributed by atoms with van der Waals surface area (Å²) in [5.74, 6) is 1.07. The third kappa shape index (κ3) is 2.66. The SMILES string of the molecule is CCN(c1ccccc1)c1nc(N)nc(-n2cccn2)n1. The Morgan fingerprint density at radius 3 is 2.57 bits per heavy atom. The molecule has 0 amide bonds. The predicted molar refractivity (Wildman–Crippen MR) is 80.5 cm³/mol. The van der Waals surface area contributed by atoms with Crippen LogP contribution in [0, 0.1) is 0 Å². The lowest BCUT2D eigenvalue weighted by molar-refractivity contribution is 0.789. The van der Waals surface area contributed by atoms with Gasteiger partial charge in [0, 0.05) is 24.6 Å². The van der Waals surface area contributed by atoms with E-state index in [-0.39, 0.29) is 5.95 Å². The molecule has 0 spiro atoms. The molecular formula is C14H15N7. The van der Waals surface area contributed by atoms with Crippen molar-refractivity contribution in [3.05, 3.63) is 48.8 Å². The summed E-state index contributed by atoms with van der Waals surface area (Å²) in [5, 5.41) is 4.12. The minimum absolute atomic E-state index is 0.167. The van der Waals surface area contributed by atoms with Crippen LogP contribution in [0.15, 0.2) is 48.8 Å². The Morgan fingerprint density at radius 2 is 1.90 bits per heavy atom. The highest BCUT2D eigenvalue weighted by atomic mass is 15.4. The van der Waals surface area contributed by atoms with E-state index in [4.69, 9.17) is 5.73 Å². The first-order chi connectivity index (χ1) is 10.3. The highest BCUT2D eigenvalue weighted by molar-refractivity contribution is 5.57. The van der Waals surface area contributed by atoms with Crippen molar-refractivity contribution >= 4 is 17.6 Å². The second-order valence-corrected chi connectivity index (χ2v) is 4.32. The molecule has 0 aliphatic rings. The fraction of sp³-hybridized carbons (Fsp3) is 0.143. The summed E-state index contributed by atoms with van der Waals surface area (Å²) in [7, 11) is 0. The van der Waals surface area contributed by atoms with Gasteiger partial charge in [0.15, 0.2) is 0 Å². The van der Waals surface area contributed by atoms with Crippen LogP contribution < -0.4 is 10.6 Å². The second-order valence-electron chi connectivity index (χ2n) is 4.32. The number of aromatic nitrogens is 5. The Labute approximate surface area is 122 Å². The van der Waals surface area contributed by atoms with E-state index in [1.54, 1.807) is 23.1 Å². The summed E-state index contributed by atoms with van der Waals surface area (Å²) in [6.45, 7) is 2.74. The van der Waals surface area contributed by atoms with Crippen molar-refractivity contribution in [3.8, 4) is 5.95 Å². The van der Waals surface area contributed by atoms with Crippen LogP contribution in [0.4, 0.5) is 17.6 Å². The molecule has 21 heavy (non-hydrogen) atoms. The summed E-state index contributed by atoms with van der Waals surface area (Å²) in [4.78, 5) is 14.8. The van der Waals surface area contributed by atoms with Crippen LogP contribution in [-0.4, -0.2) is 31.3 Å². The van der Waals surface area contributed by atoms with Crippen molar-refractivity contribution in [2.45, 2.75) is 6.92 Å². The highest BCUT2D eigenvalue weighted by Crippen LogP contribution is 2.22. The van der Waals surface area contributed by atoms with E-state index in [0.29, 0.717) is 18.4 Å². The van der Waals surface area contributed by atoms with E-state index in [1.807, 2.05) is 42.2 Å². The number of anilines is 3. The minimum Gasteiger partial charge on any atom is -0.368 e. The van der Waals surface area contributed by atoms with E-state index >= 15 is 0 Å². The van der Waals surface area contributed by atoms with Crippen LogP contribution in [0.2, 0.25) is 0 Å². The summed E-state index contributed by atoms with van der Waals surface area (Å²) >= 11 is 0. The molecule has 0 radical (unpaired) electrons. The van der Waals surface area contributed by atoms with Gasteiger partial charge in [-0.1, -0.05) is 18.2 Å². The fourth-order valence-corrected chi connectivity index (χ4v) is 2.03. The fourth-order valence-electron chi connectivity index (χ4n) is 2.03. The van der Waals surface area contributed by atoms with Crippen molar-refractivity contribution in [2.24, 2.45) is 0 Å². The molecule has 2 N–H and O–H groups in total. The molecule has 3 rings (SSSR count). The van der Waals surface area contributed by atoms with Gasteiger partial charge in [-0.05, 0) is 25.1 Å². The van der Waals surface area contributed by atoms with Crippen LogP contribution >= 0.6 is 0 Å². The average molecular weight is 281 g/mol. The van der Waals surface area contributed by atoms with Crippen molar-refractivity contribution in [1.29, 1.82) is 0 Å². The number of para-hydroxylation sites is 1. The van der Waals surface area contributed by atoms with Gasteiger partial charge >= 0.3 is 0 Å². The molecular weight excluding hydrogens is 266 g/mol. The zero-order chi connectivity index (χ0) is 14.7. The number of rotatable bonds is 4. The number of nitrogen functional groups attached to an aromatic ring is 1. The van der Waals surface area contributed by atoms with E-state index in [2.05, 4.69) is 20.1 Å². The lowest BCUT2D eigenvalue weighted by Gasteiger charge is -2.21. The van der Waals surface area contributed by atoms with Crippen LogP contribution in [0.3, 0.4) is 0 Å². The molecule has 1 aromatic carbocycles. The molecule has 0 saturated heterocycles. The molecule has 7 nitrogen and oxygen atoms in total. The first-order valence-electron chi connectivity index (χ1n) is 6.62. The molecule has 0 atom stereocenters. The lowest BCUT2D eigenvalue weighted by Crippen LogP contribution is -2.21. The van der Waals surface area contributed by atoms with E-state index in [9.17, 15) is 0 Å². The predicted octanol–water partition coefficient (Wildman–Crippen LogP) is 1.80. The van der Waals surface area contributed by atoms with Gasteiger partial charge in [-0.3, -0.25) is 0 Å². The first-order valence-corrected chi connectivity index (χ1v) is 6.62. The van der Waals surface area contributed by atoms with E-state index in [1.165, 1.54) is 0 Å². The number of nitrogens with zero attached hydrogens (tertiary/aromatic N) is 6. The largest absolute Gasteiger partial charge is 0.368 e. The molecule has 0 fully saturated rings. The minimum atomic E-state index is 0.167. The van der Waals surface area contributed by atoms with Gasteiger partial charge in [-0.25, -0.2) is 4.68 Å². The van der Waals surface area contributed by atoms with Crippen molar-refractivity contribution < 1.29 is 0 Å². The number of benzene rings is 1. The molecule has 0 saturated carbocycles. The van der Waals surface area contributed by atoms with Gasteiger partial charge in [0.25, 0.3) is 5.95 Å². The molecule has 0 aliphatic carbocycles. The summed E-state index contributed by atoms with van der Waals surface area (Å²) < 4.78 is 1.56. The quantitative estimate of drug-likeness (QED) is 0.784. The van der Waals surface area contributed by atoms with Gasteiger partial charge in [0.2, 0.25) is 11.9 Å². The maximum atomic E-state index is 5.81. The molecule has 0 unspecified atom stereocenters. The van der Waals surface area contributed by atoms with Crippen LogP contribution in [-0.2, 0) is 0 Å². The van der Waals surface area contributed by atoms with Gasteiger partial charge in [-0.15, -0.1) is 0 Å². The lowest BCUT2D eigenvalue weighted by atomic mass is 10.3. The smallest absolute Gasteiger partial charge is 0.257 e. The van der Waals surface area contributed by atoms with Crippen molar-refractivity contribution in [2.75, 3.05) is 17.2 Å². The number of nitrogens with two attached hydrogens (primary N) is 1. The van der Waals surface area contributed by atoms with Gasteiger partial charge < -0.3 is 10.6 Å². The Hall–Kier alpha value is -2.96. The molecule has 7 heteroatoms. The Bertz CT molecular complexity index is 709. The summed E-state index contributed by atoms with van der Waals surface area (Å²) in [6, 6.07) is 11.7. The topological polar surface area (TPSA) is 85.8 Å². The van der Waals surface area contributed by atoms with Gasteiger partial charge in [0.05, 0.1) is 0 Å². The van der Waals surface area contributed by atoms with Crippen LogP contribution in [0.25, 0.3) is 5.95 Å². The molecule has 0 bridgehead atoms. The number of hydrogen-bond donors (Lipinski definition) is 1. The monoisotopic (exact) mass is 281 g/mol. The normalized spacial score (nSPS) is 10.5. The molecule has 2 heterocycles. The standard InChI is InChI=1S/C14H15N7/c1-2-20(11-7-4-3-5-8-11)13-17-12(15)18-14(19-13)21-10-6-9-16-21/h3-10H,2H2,1H3,(H2,15,17,18,19). The van der Waals surface area contributed by atoms with E-state index < -0.39 is 0 Å². The summed E-state index contributed by atoms with van der Waals surface area (Å²) in [5.41, 5.74) is 6.80. The second kappa shape index (κ2) is 5.58. The third-order valence-corrected chi connectivity index (χ3v) is 2.96. The molecule has 106 valence electrons. The first kappa shape index (κ1) is 13.0. The maximum Gasteiger partial charge on any atom is 0.257 e. The van der Waals surface area contributed by atoms with Crippen molar-refractivity contribution in [3.63, 3.8) is 0 Å². The Balaban J connectivity index is 2.05. The number of hydrogen-bond acceptors (Lipinski definition) is 6. The molecule has 0 aliphatic heterocycles. The van der Waals surface area contributed by atoms with Gasteiger partial charge in [0.1, 0.15) is 0 Å². The van der Waals surface area contributed by atoms with Gasteiger partial charge in [-0.2, -0.15) is 20.1 Å². The molecule has 3 aromatic rings. The zero-order valence-corrected chi connectivity index (χ0v) is 11.6.